The molecule has 18 heavy (non-hydrogen) atoms. The Morgan fingerprint density at radius 3 is 1.89 bits per heavy atom. The van der Waals surface area contributed by atoms with Gasteiger partial charge in [0.05, 0.1) is 39.6 Å². The topological polar surface area (TPSA) is 77.0 Å². The molecule has 0 saturated carbocycles. The quantitative estimate of drug-likeness (QED) is 0.334. The van der Waals surface area contributed by atoms with Crippen molar-refractivity contribution in [1.82, 2.24) is 5.32 Å². The largest absolute Gasteiger partial charge is 0.651 e. The van der Waals surface area contributed by atoms with Gasteiger partial charge in [-0.2, -0.15) is 0 Å². The SMILES string of the molecule is O=[C-]OCCOCCOCCO.[CH2-]CNC[CH2-].[W]. The van der Waals surface area contributed by atoms with Crippen molar-refractivity contribution >= 4 is 6.47 Å². The van der Waals surface area contributed by atoms with E-state index >= 15 is 0 Å². The summed E-state index contributed by atoms with van der Waals surface area (Å²) < 4.78 is 14.1. The van der Waals surface area contributed by atoms with Crippen LogP contribution in [0.4, 0.5) is 0 Å². The molecule has 7 heteroatoms. The van der Waals surface area contributed by atoms with Crippen LogP contribution >= 0.6 is 0 Å². The summed E-state index contributed by atoms with van der Waals surface area (Å²) in [5.74, 6) is 0. The van der Waals surface area contributed by atoms with Crippen molar-refractivity contribution in [2.45, 2.75) is 0 Å². The first-order valence-electron chi connectivity index (χ1n) is 5.37. The second kappa shape index (κ2) is 25.8. The summed E-state index contributed by atoms with van der Waals surface area (Å²) in [6.07, 6.45) is 0. The van der Waals surface area contributed by atoms with E-state index < -0.39 is 0 Å². The Labute approximate surface area is 124 Å². The van der Waals surface area contributed by atoms with E-state index in [4.69, 9.17) is 14.6 Å². The summed E-state index contributed by atoms with van der Waals surface area (Å²) >= 11 is 0. The molecule has 0 radical (unpaired) electrons. The maximum absolute atomic E-state index is 9.52. The van der Waals surface area contributed by atoms with Gasteiger partial charge in [-0.05, 0) is 0 Å². The van der Waals surface area contributed by atoms with Crippen molar-refractivity contribution in [2.24, 2.45) is 0 Å². The van der Waals surface area contributed by atoms with Gasteiger partial charge in [-0.1, -0.05) is 6.47 Å². The van der Waals surface area contributed by atoms with Crippen LogP contribution in [0.15, 0.2) is 0 Å². The Morgan fingerprint density at radius 2 is 1.50 bits per heavy atom. The fourth-order valence-electron chi connectivity index (χ4n) is 0.654. The van der Waals surface area contributed by atoms with Gasteiger partial charge in [-0.25, -0.2) is 0 Å². The van der Waals surface area contributed by atoms with Crippen molar-refractivity contribution in [2.75, 3.05) is 52.7 Å². The molecule has 2 N–H and O–H groups in total. The number of rotatable bonds is 11. The average Bonchev–Trinajstić information content (AvgIpc) is 2.34. The summed E-state index contributed by atoms with van der Waals surface area (Å²) in [7, 11) is 0. The number of aliphatic hydroxyl groups is 1. The standard InChI is InChI=1S/C7H13O5.C4H9N.W/c8-1-2-10-3-4-11-5-6-12-7-9;1-3-5-4-2;/h8H,1-6H2;5H,1-4H2;/q-1;-2;. The molecule has 0 aromatic carbocycles. The molecule has 0 saturated heterocycles. The van der Waals surface area contributed by atoms with Crippen molar-refractivity contribution < 1.29 is 45.2 Å². The van der Waals surface area contributed by atoms with Crippen LogP contribution < -0.4 is 5.32 Å². The fourth-order valence-corrected chi connectivity index (χ4v) is 0.654. The Balaban J connectivity index is -0.000000321. The molecule has 0 aromatic rings. The first-order valence-corrected chi connectivity index (χ1v) is 5.37. The fraction of sp³-hybridized carbons (Fsp3) is 0.727. The molecule has 0 atom stereocenters. The molecule has 6 nitrogen and oxygen atoms in total. The molecule has 0 aliphatic carbocycles. The molecular formula is C11H22NO5W-3. The first-order chi connectivity index (χ1) is 8.33. The summed E-state index contributed by atoms with van der Waals surface area (Å²) in [5, 5.41) is 11.2. The van der Waals surface area contributed by atoms with E-state index in [0.717, 1.165) is 13.1 Å². The molecule has 0 rings (SSSR count). The normalized spacial score (nSPS) is 8.83. The van der Waals surface area contributed by atoms with E-state index in [-0.39, 0.29) is 34.3 Å². The third-order valence-corrected chi connectivity index (χ3v) is 1.35. The molecule has 0 amide bonds. The van der Waals surface area contributed by atoms with Crippen LogP contribution in [0.3, 0.4) is 0 Å². The van der Waals surface area contributed by atoms with Gasteiger partial charge in [-0.15, -0.1) is 13.1 Å². The van der Waals surface area contributed by atoms with Crippen LogP contribution in [0, 0.1) is 13.8 Å². The molecule has 0 aliphatic rings. The Kier molecular flexibility index (Phi) is 33.1. The second-order valence-electron chi connectivity index (χ2n) is 2.63. The minimum Gasteiger partial charge on any atom is -0.651 e. The third-order valence-electron chi connectivity index (χ3n) is 1.35. The molecule has 0 unspecified atom stereocenters. The van der Waals surface area contributed by atoms with E-state index in [0.29, 0.717) is 26.4 Å². The number of hydrogen-bond donors (Lipinski definition) is 2. The van der Waals surface area contributed by atoms with Gasteiger partial charge >= 0.3 is 0 Å². The molecular weight excluding hydrogens is 410 g/mol. The second-order valence-corrected chi connectivity index (χ2v) is 2.63. The molecule has 0 spiro atoms. The molecule has 0 bridgehead atoms. The van der Waals surface area contributed by atoms with Crippen LogP contribution in [0.1, 0.15) is 0 Å². The van der Waals surface area contributed by atoms with Gasteiger partial charge in [0.2, 0.25) is 0 Å². The minimum absolute atomic E-state index is 0. The average molecular weight is 432 g/mol. The van der Waals surface area contributed by atoms with E-state index in [2.05, 4.69) is 23.9 Å². The smallest absolute Gasteiger partial charge is 0.0774 e. The van der Waals surface area contributed by atoms with Crippen LogP contribution in [0.5, 0.6) is 0 Å². The van der Waals surface area contributed by atoms with Crippen molar-refractivity contribution in [3.05, 3.63) is 13.8 Å². The molecule has 0 fully saturated rings. The number of nitrogens with one attached hydrogen (secondary N) is 1. The molecule has 0 heterocycles. The zero-order valence-corrected chi connectivity index (χ0v) is 13.5. The van der Waals surface area contributed by atoms with Crippen molar-refractivity contribution in [3.8, 4) is 0 Å². The summed E-state index contributed by atoms with van der Waals surface area (Å²) in [5.41, 5.74) is 0. The monoisotopic (exact) mass is 432 g/mol. The number of aliphatic hydroxyl groups excluding tert-OH is 1. The van der Waals surface area contributed by atoms with Gasteiger partial charge in [0, 0.05) is 21.1 Å². The maximum Gasteiger partial charge on any atom is 0.0774 e. The van der Waals surface area contributed by atoms with Crippen LogP contribution in [-0.2, 0) is 40.1 Å². The molecule has 110 valence electrons. The Hall–Kier alpha value is -0.00169. The van der Waals surface area contributed by atoms with Crippen LogP contribution in [0.25, 0.3) is 0 Å². The predicted octanol–water partition coefficient (Wildman–Crippen LogP) is -0.663. The van der Waals surface area contributed by atoms with Gasteiger partial charge < -0.3 is 43.3 Å². The first kappa shape index (κ1) is 23.1. The van der Waals surface area contributed by atoms with E-state index in [1.807, 2.05) is 0 Å². The zero-order valence-electron chi connectivity index (χ0n) is 10.6. The number of hydrogen-bond acceptors (Lipinski definition) is 6. The molecule has 0 aliphatic heterocycles. The van der Waals surface area contributed by atoms with Crippen LogP contribution in [0.2, 0.25) is 0 Å². The Bertz CT molecular complexity index is 139. The molecule has 0 aromatic heterocycles. The third kappa shape index (κ3) is 29.8. The van der Waals surface area contributed by atoms with E-state index in [9.17, 15) is 4.79 Å². The number of carbonyl (C=O) groups excluding carboxylic acids is 1. The van der Waals surface area contributed by atoms with Gasteiger partial charge in [-0.3, -0.25) is 0 Å². The van der Waals surface area contributed by atoms with E-state index in [1.165, 1.54) is 6.47 Å². The van der Waals surface area contributed by atoms with Crippen molar-refractivity contribution in [1.29, 1.82) is 0 Å². The van der Waals surface area contributed by atoms with Crippen molar-refractivity contribution in [3.63, 3.8) is 0 Å². The van der Waals surface area contributed by atoms with Gasteiger partial charge in [0.1, 0.15) is 0 Å². The van der Waals surface area contributed by atoms with E-state index in [1.54, 1.807) is 0 Å². The van der Waals surface area contributed by atoms with Gasteiger partial charge in [0.15, 0.2) is 0 Å². The maximum atomic E-state index is 9.52. The van der Waals surface area contributed by atoms with Crippen LogP contribution in [-0.4, -0.2) is 64.3 Å². The minimum atomic E-state index is 0. The Morgan fingerprint density at radius 1 is 1.00 bits per heavy atom. The summed E-state index contributed by atoms with van der Waals surface area (Å²) in [4.78, 5) is 9.52. The summed E-state index contributed by atoms with van der Waals surface area (Å²) in [6.45, 7) is 11.7. The summed E-state index contributed by atoms with van der Waals surface area (Å²) in [6, 6.07) is 0. The van der Waals surface area contributed by atoms with Gasteiger partial charge in [0.25, 0.3) is 0 Å². The predicted molar refractivity (Wildman–Crippen MR) is 64.0 cm³/mol. The zero-order chi connectivity index (χ0) is 13.2. The number of ether oxygens (including phenoxy) is 3.